The summed E-state index contributed by atoms with van der Waals surface area (Å²) in [5.74, 6) is 0. The molecule has 0 N–H and O–H groups in total. The second kappa shape index (κ2) is 9.50. The topological polar surface area (TPSA) is 114 Å². The van der Waals surface area contributed by atoms with Gasteiger partial charge in [-0.15, -0.1) is 0 Å². The molecular formula is C10H22F6N2O6S2. The van der Waals surface area contributed by atoms with Crippen LogP contribution < -0.4 is 0 Å². The molecule has 0 aliphatic heterocycles. The number of alkyl halides is 6. The van der Waals surface area contributed by atoms with Crippen LogP contribution in [0, 0.1) is 0 Å². The van der Waals surface area contributed by atoms with Gasteiger partial charge >= 0.3 is 11.0 Å². The summed E-state index contributed by atoms with van der Waals surface area (Å²) in [5.41, 5.74) is -11.3. The number of nitrogens with zero attached hydrogens (tertiary/aromatic N) is 2. The molecule has 0 saturated carbocycles. The van der Waals surface area contributed by atoms with Crippen molar-refractivity contribution in [3.8, 4) is 0 Å². The van der Waals surface area contributed by atoms with Crippen LogP contribution in [0.4, 0.5) is 26.3 Å². The first-order chi connectivity index (χ1) is 10.7. The minimum Gasteiger partial charge on any atom is -0.741 e. The van der Waals surface area contributed by atoms with Gasteiger partial charge in [0, 0.05) is 0 Å². The first-order valence-corrected chi connectivity index (χ1v) is 9.17. The molecule has 26 heavy (non-hydrogen) atoms. The van der Waals surface area contributed by atoms with E-state index in [1.165, 1.54) is 13.1 Å². The Labute approximate surface area is 148 Å². The highest BCUT2D eigenvalue weighted by Crippen LogP contribution is 2.21. The zero-order valence-corrected chi connectivity index (χ0v) is 16.5. The van der Waals surface area contributed by atoms with Crippen LogP contribution in [0.5, 0.6) is 0 Å². The normalized spacial score (nSPS) is 13.9. The SMILES string of the molecule is C[N+](C)(C)CC[N+](C)(C)[11CH3].O=S(=O)([O-])C(F)(F)F.O=S(=O)([O-])C(F)(F)F. The number of hydrogen-bond acceptors (Lipinski definition) is 6. The predicted octanol–water partition coefficient (Wildman–Crippen LogP) is 0.502. The van der Waals surface area contributed by atoms with Crippen molar-refractivity contribution in [3.05, 3.63) is 0 Å². The lowest BCUT2D eigenvalue weighted by Gasteiger charge is -2.30. The smallest absolute Gasteiger partial charge is 0.485 e. The Morgan fingerprint density at radius 1 is 0.615 bits per heavy atom. The van der Waals surface area contributed by atoms with Crippen molar-refractivity contribution < 1.29 is 61.2 Å². The zero-order valence-electron chi connectivity index (χ0n) is 14.8. The molecule has 0 rings (SSSR count). The third-order valence-corrected chi connectivity index (χ3v) is 3.14. The van der Waals surface area contributed by atoms with Crippen molar-refractivity contribution in [1.29, 1.82) is 0 Å². The molecular weight excluding hydrogens is 421 g/mol. The molecule has 16 heteroatoms. The van der Waals surface area contributed by atoms with Gasteiger partial charge in [0.25, 0.3) is 0 Å². The Balaban J connectivity index is -0.000000308. The largest absolute Gasteiger partial charge is 0.741 e. The van der Waals surface area contributed by atoms with Crippen molar-refractivity contribution >= 4 is 20.2 Å². The van der Waals surface area contributed by atoms with Crippen molar-refractivity contribution in [3.63, 3.8) is 0 Å². The molecule has 0 amide bonds. The Morgan fingerprint density at radius 2 is 0.731 bits per heavy atom. The zero-order chi connectivity index (χ0) is 22.4. The molecule has 0 aromatic heterocycles. The fraction of sp³-hybridized carbons (Fsp3) is 1.00. The van der Waals surface area contributed by atoms with Crippen molar-refractivity contribution in [2.24, 2.45) is 0 Å². The second-order valence-corrected chi connectivity index (χ2v) is 9.57. The van der Waals surface area contributed by atoms with E-state index in [0.717, 1.165) is 8.97 Å². The number of halogens is 6. The maximum absolute atomic E-state index is 10.7. The van der Waals surface area contributed by atoms with Crippen LogP contribution in [0.15, 0.2) is 0 Å². The van der Waals surface area contributed by atoms with Crippen molar-refractivity contribution in [2.45, 2.75) is 11.0 Å². The van der Waals surface area contributed by atoms with Crippen LogP contribution in [0.2, 0.25) is 0 Å². The number of quaternary nitrogens is 2. The van der Waals surface area contributed by atoms with E-state index in [1.54, 1.807) is 0 Å². The monoisotopic (exact) mass is 443 g/mol. The minimum atomic E-state index is -6.09. The lowest BCUT2D eigenvalue weighted by atomic mass is 10.3. The van der Waals surface area contributed by atoms with E-state index in [-0.39, 0.29) is 0 Å². The quantitative estimate of drug-likeness (QED) is 0.272. The van der Waals surface area contributed by atoms with Gasteiger partial charge in [-0.25, -0.2) is 16.8 Å². The fourth-order valence-electron chi connectivity index (χ4n) is 0.600. The van der Waals surface area contributed by atoms with E-state index in [2.05, 4.69) is 42.3 Å². The highest BCUT2D eigenvalue weighted by molar-refractivity contribution is 7.86. The van der Waals surface area contributed by atoms with E-state index < -0.39 is 31.3 Å². The summed E-state index contributed by atoms with van der Waals surface area (Å²) in [6.45, 7) is 2.48. The molecule has 0 aliphatic rings. The summed E-state index contributed by atoms with van der Waals surface area (Å²) in [4.78, 5) is 0. The highest BCUT2D eigenvalue weighted by Gasteiger charge is 2.37. The van der Waals surface area contributed by atoms with E-state index in [9.17, 15) is 26.3 Å². The summed E-state index contributed by atoms with van der Waals surface area (Å²) >= 11 is 0. The predicted molar refractivity (Wildman–Crippen MR) is 77.3 cm³/mol. The van der Waals surface area contributed by atoms with Crippen LogP contribution in [0.25, 0.3) is 0 Å². The Bertz CT molecular complexity index is 558. The Morgan fingerprint density at radius 3 is 0.769 bits per heavy atom. The lowest BCUT2D eigenvalue weighted by Crippen LogP contribution is -2.46. The van der Waals surface area contributed by atoms with E-state index in [1.807, 2.05) is 0 Å². The third kappa shape index (κ3) is 19.6. The molecule has 0 aliphatic carbocycles. The van der Waals surface area contributed by atoms with Gasteiger partial charge in [-0.05, 0) is 0 Å². The molecule has 0 heterocycles. The van der Waals surface area contributed by atoms with Gasteiger partial charge < -0.3 is 18.1 Å². The van der Waals surface area contributed by atoms with Gasteiger partial charge in [0.1, 0.15) is 13.1 Å². The maximum atomic E-state index is 10.7. The first-order valence-electron chi connectivity index (χ1n) is 6.36. The average molecular weight is 443 g/mol. The second-order valence-electron chi connectivity index (χ2n) is 6.83. The maximum Gasteiger partial charge on any atom is 0.485 e. The Hall–Kier alpha value is -0.680. The molecule has 0 radical (unpaired) electrons. The fourth-order valence-corrected chi connectivity index (χ4v) is 0.600. The first kappa shape index (κ1) is 30.1. The van der Waals surface area contributed by atoms with Gasteiger partial charge in [0.2, 0.25) is 0 Å². The van der Waals surface area contributed by atoms with Crippen molar-refractivity contribution in [1.82, 2.24) is 0 Å². The molecule has 8 nitrogen and oxygen atoms in total. The molecule has 0 unspecified atom stereocenters. The van der Waals surface area contributed by atoms with Gasteiger partial charge in [-0.3, -0.25) is 0 Å². The van der Waals surface area contributed by atoms with Gasteiger partial charge in [-0.2, -0.15) is 26.3 Å². The summed E-state index contributed by atoms with van der Waals surface area (Å²) in [7, 11) is 1.21. The standard InChI is InChI=1S/C8H22N2.2CHF3O3S/c1-9(2,3)7-8-10(4,5)6;2*2-1(3,4)8(5,6)7/h7-8H2,1-6H3;2*(H,5,6,7)/q+2;;/p-2/i1-1;;. The van der Waals surface area contributed by atoms with Crippen LogP contribution in [0.3, 0.4) is 0 Å². The highest BCUT2D eigenvalue weighted by atomic mass is 32.2. The van der Waals surface area contributed by atoms with E-state index in [4.69, 9.17) is 25.9 Å². The van der Waals surface area contributed by atoms with Crippen LogP contribution in [-0.2, 0) is 20.2 Å². The number of rotatable bonds is 3. The third-order valence-electron chi connectivity index (χ3n) is 2.01. The summed E-state index contributed by atoms with van der Waals surface area (Å²) < 4.78 is 120. The Kier molecular flexibility index (Phi) is 11.0. The van der Waals surface area contributed by atoms with Crippen LogP contribution in [-0.4, -0.2) is 101 Å². The van der Waals surface area contributed by atoms with E-state index >= 15 is 0 Å². The molecule has 0 aromatic rings. The molecule has 0 bridgehead atoms. The average Bonchev–Trinajstić information content (AvgIpc) is 2.20. The minimum absolute atomic E-state index is 1.06. The molecule has 0 spiro atoms. The number of likely N-dealkylation sites (N-methyl/N-ethyl adjacent to an activating group) is 2. The van der Waals surface area contributed by atoms with Crippen LogP contribution in [0.1, 0.15) is 0 Å². The molecule has 0 fully saturated rings. The van der Waals surface area contributed by atoms with Gasteiger partial charge in [-0.1, -0.05) is 0 Å². The van der Waals surface area contributed by atoms with Crippen LogP contribution >= 0.6 is 0 Å². The summed E-state index contributed by atoms with van der Waals surface area (Å²) in [6.07, 6.45) is 0. The summed E-state index contributed by atoms with van der Waals surface area (Å²) in [6, 6.07) is 0. The van der Waals surface area contributed by atoms with Gasteiger partial charge in [0.15, 0.2) is 20.2 Å². The summed E-state index contributed by atoms with van der Waals surface area (Å²) in [5, 5.41) is 0. The number of hydrogen-bond donors (Lipinski definition) is 0. The van der Waals surface area contributed by atoms with Gasteiger partial charge in [0.05, 0.1) is 42.3 Å². The van der Waals surface area contributed by atoms with E-state index in [0.29, 0.717) is 0 Å². The lowest BCUT2D eigenvalue weighted by molar-refractivity contribution is -0.927. The molecule has 0 saturated heterocycles. The van der Waals surface area contributed by atoms with Crippen molar-refractivity contribution in [2.75, 3.05) is 55.4 Å². The molecule has 0 atom stereocenters. The molecule has 0 aromatic carbocycles. The molecule has 162 valence electrons.